The van der Waals surface area contributed by atoms with Crippen LogP contribution >= 0.6 is 0 Å². The van der Waals surface area contributed by atoms with Gasteiger partial charge >= 0.3 is 17.8 Å². The van der Waals surface area contributed by atoms with Gasteiger partial charge in [-0.05, 0) is 72.6 Å². The van der Waals surface area contributed by atoms with Crippen molar-refractivity contribution in [2.75, 3.05) is 11.9 Å². The summed E-state index contributed by atoms with van der Waals surface area (Å²) in [7, 11) is 0. The van der Waals surface area contributed by atoms with Crippen LogP contribution in [-0.2, 0) is 9.59 Å². The molecule has 0 aliphatic carbocycles. The fourth-order valence-electron chi connectivity index (χ4n) is 2.62. The number of nitrogens with one attached hydrogen (secondary N) is 2. The van der Waals surface area contributed by atoms with Crippen molar-refractivity contribution in [2.24, 2.45) is 5.10 Å². The molecule has 0 fully saturated rings. The summed E-state index contributed by atoms with van der Waals surface area (Å²) in [5.41, 5.74) is 3.71. The average molecular weight is 445 g/mol. The van der Waals surface area contributed by atoms with Crippen molar-refractivity contribution >= 4 is 29.7 Å². The summed E-state index contributed by atoms with van der Waals surface area (Å²) < 4.78 is 10.9. The highest BCUT2D eigenvalue weighted by Gasteiger charge is 2.12. The summed E-state index contributed by atoms with van der Waals surface area (Å²) in [6.45, 7) is 2.63. The van der Waals surface area contributed by atoms with E-state index in [1.54, 1.807) is 78.9 Å². The number of amides is 2. The zero-order valence-electron chi connectivity index (χ0n) is 18.0. The number of hydrogen-bond acceptors (Lipinski definition) is 6. The van der Waals surface area contributed by atoms with Gasteiger partial charge in [-0.25, -0.2) is 10.2 Å². The van der Waals surface area contributed by atoms with Gasteiger partial charge < -0.3 is 14.8 Å². The smallest absolute Gasteiger partial charge is 0.343 e. The molecule has 0 aliphatic heterocycles. The third kappa shape index (κ3) is 7.32. The zero-order chi connectivity index (χ0) is 23.5. The van der Waals surface area contributed by atoms with Crippen LogP contribution in [0.1, 0.15) is 29.3 Å². The topological polar surface area (TPSA) is 106 Å². The molecule has 3 aromatic carbocycles. The van der Waals surface area contributed by atoms with E-state index in [1.165, 1.54) is 6.21 Å². The molecule has 33 heavy (non-hydrogen) atoms. The number of anilines is 1. The second-order valence-corrected chi connectivity index (χ2v) is 6.85. The van der Waals surface area contributed by atoms with Gasteiger partial charge in [0.25, 0.3) is 0 Å². The minimum Gasteiger partial charge on any atom is -0.494 e. The third-order valence-electron chi connectivity index (χ3n) is 4.27. The molecular formula is C25H23N3O5. The molecule has 0 heterocycles. The fraction of sp³-hybridized carbons (Fsp3) is 0.120. The summed E-state index contributed by atoms with van der Waals surface area (Å²) >= 11 is 0. The summed E-state index contributed by atoms with van der Waals surface area (Å²) in [5.74, 6) is -1.16. The first kappa shape index (κ1) is 23.2. The lowest BCUT2D eigenvalue weighted by Crippen LogP contribution is -2.32. The van der Waals surface area contributed by atoms with E-state index in [0.29, 0.717) is 34.9 Å². The SMILES string of the molecule is CCCOc1ccc(C(=O)Oc2ccc(/C=N\NC(=O)C(=O)Nc3ccccc3)cc2)cc1. The Morgan fingerprint density at radius 3 is 2.18 bits per heavy atom. The molecule has 3 aromatic rings. The van der Waals surface area contributed by atoms with Gasteiger partial charge in [-0.3, -0.25) is 9.59 Å². The van der Waals surface area contributed by atoms with Crippen molar-refractivity contribution in [3.8, 4) is 11.5 Å². The van der Waals surface area contributed by atoms with Gasteiger partial charge in [0.05, 0.1) is 18.4 Å². The minimum atomic E-state index is -0.897. The van der Waals surface area contributed by atoms with Crippen LogP contribution in [0.2, 0.25) is 0 Å². The lowest BCUT2D eigenvalue weighted by molar-refractivity contribution is -0.136. The molecule has 0 atom stereocenters. The van der Waals surface area contributed by atoms with Gasteiger partial charge in [0.2, 0.25) is 0 Å². The van der Waals surface area contributed by atoms with Crippen LogP contribution in [0.3, 0.4) is 0 Å². The van der Waals surface area contributed by atoms with Crippen LogP contribution in [0.15, 0.2) is 84.0 Å². The standard InChI is InChI=1S/C25H23N3O5/c1-2-16-32-21-14-10-19(11-15-21)25(31)33-22-12-8-18(9-13-22)17-26-28-24(30)23(29)27-20-6-4-3-5-7-20/h3-15,17H,2,16H2,1H3,(H,27,29)(H,28,30)/b26-17-. The molecule has 0 radical (unpaired) electrons. The Bertz CT molecular complexity index is 1110. The fourth-order valence-corrected chi connectivity index (χ4v) is 2.62. The zero-order valence-corrected chi connectivity index (χ0v) is 18.0. The monoisotopic (exact) mass is 445 g/mol. The van der Waals surface area contributed by atoms with Crippen molar-refractivity contribution in [3.63, 3.8) is 0 Å². The van der Waals surface area contributed by atoms with Crippen LogP contribution in [0.5, 0.6) is 11.5 Å². The minimum absolute atomic E-state index is 0.356. The Morgan fingerprint density at radius 1 is 0.848 bits per heavy atom. The highest BCUT2D eigenvalue weighted by molar-refractivity contribution is 6.39. The van der Waals surface area contributed by atoms with Crippen molar-refractivity contribution < 1.29 is 23.9 Å². The Morgan fingerprint density at radius 2 is 1.52 bits per heavy atom. The van der Waals surface area contributed by atoms with E-state index in [1.807, 2.05) is 6.92 Å². The van der Waals surface area contributed by atoms with Gasteiger partial charge in [-0.2, -0.15) is 5.10 Å². The molecule has 2 N–H and O–H groups in total. The van der Waals surface area contributed by atoms with Crippen LogP contribution in [0.25, 0.3) is 0 Å². The first-order chi connectivity index (χ1) is 16.0. The van der Waals surface area contributed by atoms with E-state index in [0.717, 1.165) is 6.42 Å². The van der Waals surface area contributed by atoms with Crippen molar-refractivity contribution in [3.05, 3.63) is 90.0 Å². The maximum atomic E-state index is 12.3. The van der Waals surface area contributed by atoms with Crippen molar-refractivity contribution in [2.45, 2.75) is 13.3 Å². The van der Waals surface area contributed by atoms with Crippen LogP contribution < -0.4 is 20.2 Å². The Labute approximate surface area is 191 Å². The summed E-state index contributed by atoms with van der Waals surface area (Å²) in [6, 6.07) is 21.9. The molecular weight excluding hydrogens is 422 g/mol. The molecule has 2 amide bonds. The van der Waals surface area contributed by atoms with E-state index in [4.69, 9.17) is 9.47 Å². The van der Waals surface area contributed by atoms with Crippen molar-refractivity contribution in [1.29, 1.82) is 0 Å². The Kier molecular flexibility index (Phi) is 8.30. The van der Waals surface area contributed by atoms with Crippen molar-refractivity contribution in [1.82, 2.24) is 5.43 Å². The third-order valence-corrected chi connectivity index (χ3v) is 4.27. The maximum absolute atomic E-state index is 12.3. The van der Waals surface area contributed by atoms with E-state index >= 15 is 0 Å². The lowest BCUT2D eigenvalue weighted by atomic mass is 10.2. The van der Waals surface area contributed by atoms with Crippen LogP contribution in [0, 0.1) is 0 Å². The van der Waals surface area contributed by atoms with Gasteiger partial charge in [0.1, 0.15) is 11.5 Å². The summed E-state index contributed by atoms with van der Waals surface area (Å²) in [6.07, 6.45) is 2.27. The number of carbonyl (C=O) groups is 3. The molecule has 168 valence electrons. The van der Waals surface area contributed by atoms with Gasteiger partial charge in [-0.15, -0.1) is 0 Å². The number of hydrogen-bond donors (Lipinski definition) is 2. The maximum Gasteiger partial charge on any atom is 0.343 e. The molecule has 0 unspecified atom stereocenters. The normalized spacial score (nSPS) is 10.5. The van der Waals surface area contributed by atoms with E-state index in [2.05, 4.69) is 15.8 Å². The first-order valence-electron chi connectivity index (χ1n) is 10.3. The summed E-state index contributed by atoms with van der Waals surface area (Å²) in [4.78, 5) is 35.9. The van der Waals surface area contributed by atoms with E-state index in [-0.39, 0.29) is 0 Å². The average Bonchev–Trinajstić information content (AvgIpc) is 2.84. The molecule has 0 aliphatic rings. The quantitative estimate of drug-likeness (QED) is 0.180. The number of esters is 1. The number of benzene rings is 3. The number of ether oxygens (including phenoxy) is 2. The van der Waals surface area contributed by atoms with Crippen LogP contribution in [-0.4, -0.2) is 30.6 Å². The number of hydrazone groups is 1. The largest absolute Gasteiger partial charge is 0.494 e. The van der Waals surface area contributed by atoms with Crippen LogP contribution in [0.4, 0.5) is 5.69 Å². The van der Waals surface area contributed by atoms with E-state index in [9.17, 15) is 14.4 Å². The molecule has 0 bridgehead atoms. The molecule has 8 nitrogen and oxygen atoms in total. The summed E-state index contributed by atoms with van der Waals surface area (Å²) in [5, 5.41) is 6.23. The molecule has 0 spiro atoms. The van der Waals surface area contributed by atoms with E-state index < -0.39 is 17.8 Å². The molecule has 0 saturated heterocycles. The highest BCUT2D eigenvalue weighted by atomic mass is 16.5. The number of nitrogens with zero attached hydrogens (tertiary/aromatic N) is 1. The predicted octanol–water partition coefficient (Wildman–Crippen LogP) is 3.78. The van der Waals surface area contributed by atoms with Gasteiger partial charge in [-0.1, -0.05) is 25.1 Å². The first-order valence-corrected chi connectivity index (χ1v) is 10.3. The number of rotatable bonds is 8. The highest BCUT2D eigenvalue weighted by Crippen LogP contribution is 2.16. The Balaban J connectivity index is 1.48. The number of para-hydroxylation sites is 1. The second-order valence-electron chi connectivity index (χ2n) is 6.85. The predicted molar refractivity (Wildman–Crippen MR) is 124 cm³/mol. The van der Waals surface area contributed by atoms with Gasteiger partial charge in [0.15, 0.2) is 0 Å². The molecule has 8 heteroatoms. The number of carbonyl (C=O) groups excluding carboxylic acids is 3. The lowest BCUT2D eigenvalue weighted by Gasteiger charge is -2.07. The second kappa shape index (κ2) is 11.8. The molecule has 0 aromatic heterocycles. The molecule has 3 rings (SSSR count). The molecule has 0 saturated carbocycles. The Hall–Kier alpha value is -4.46. The van der Waals surface area contributed by atoms with Gasteiger partial charge in [0, 0.05) is 5.69 Å².